The fraction of sp³-hybridized carbons (Fsp3) is 0.417. The minimum atomic E-state index is 0.237. The maximum Gasteiger partial charge on any atom is 0.120 e. The Hall–Kier alpha value is -1.31. The van der Waals surface area contributed by atoms with E-state index in [4.69, 9.17) is 0 Å². The van der Waals surface area contributed by atoms with Gasteiger partial charge in [-0.25, -0.2) is 0 Å². The summed E-state index contributed by atoms with van der Waals surface area (Å²) in [5.74, 6) is 0.573. The zero-order valence-corrected chi connectivity index (χ0v) is 8.66. The van der Waals surface area contributed by atoms with E-state index in [2.05, 4.69) is 0 Å². The Labute approximate surface area is 84.6 Å². The fourth-order valence-electron chi connectivity index (χ4n) is 1.54. The molecule has 0 saturated heterocycles. The number of aldehydes is 1. The van der Waals surface area contributed by atoms with Gasteiger partial charge >= 0.3 is 0 Å². The summed E-state index contributed by atoms with van der Waals surface area (Å²) in [6, 6.07) is 5.67. The zero-order valence-electron chi connectivity index (χ0n) is 8.66. The van der Waals surface area contributed by atoms with Gasteiger partial charge in [0.15, 0.2) is 0 Å². The Morgan fingerprint density at radius 2 is 2.21 bits per heavy atom. The van der Waals surface area contributed by atoms with Crippen LogP contribution in [0.3, 0.4) is 0 Å². The van der Waals surface area contributed by atoms with Gasteiger partial charge in [-0.05, 0) is 36.5 Å². The van der Waals surface area contributed by atoms with Crippen molar-refractivity contribution in [3.63, 3.8) is 0 Å². The van der Waals surface area contributed by atoms with Gasteiger partial charge in [-0.15, -0.1) is 0 Å². The molecule has 0 aromatic heterocycles. The maximum atomic E-state index is 10.2. The van der Waals surface area contributed by atoms with E-state index >= 15 is 0 Å². The first kappa shape index (κ1) is 10.8. The molecular formula is C12H16O2. The van der Waals surface area contributed by atoms with E-state index in [0.29, 0.717) is 12.2 Å². The largest absolute Gasteiger partial charge is 0.508 e. The number of benzene rings is 1. The summed E-state index contributed by atoms with van der Waals surface area (Å²) in [5.41, 5.74) is 1.98. The number of phenolic OH excluding ortho intramolecular Hbond substituents is 1. The predicted molar refractivity (Wildman–Crippen MR) is 56.6 cm³/mol. The Bertz CT molecular complexity index is 318. The predicted octanol–water partition coefficient (Wildman–Crippen LogP) is 2.78. The first-order valence-electron chi connectivity index (χ1n) is 4.88. The van der Waals surface area contributed by atoms with Crippen LogP contribution in [0, 0.1) is 6.92 Å². The lowest BCUT2D eigenvalue weighted by atomic mass is 9.95. The monoisotopic (exact) mass is 192 g/mol. The molecule has 0 spiro atoms. The summed E-state index contributed by atoms with van der Waals surface area (Å²) in [4.78, 5) is 10.2. The molecule has 76 valence electrons. The average molecular weight is 192 g/mol. The molecule has 0 aliphatic heterocycles. The normalized spacial score (nSPS) is 12.4. The molecule has 2 heteroatoms. The van der Waals surface area contributed by atoms with Gasteiger partial charge in [0.1, 0.15) is 12.0 Å². The standard InChI is InChI=1S/C12H16O2/c1-9-5-6-11(12(14)8-9)10(2)4-3-7-13/h5-8,10,14H,3-4H2,1-2H3/t10-/m1/s1. The smallest absolute Gasteiger partial charge is 0.120 e. The first-order chi connectivity index (χ1) is 6.65. The number of aryl methyl sites for hydroxylation is 1. The summed E-state index contributed by atoms with van der Waals surface area (Å²) < 4.78 is 0. The van der Waals surface area contributed by atoms with E-state index in [0.717, 1.165) is 23.8 Å². The molecule has 0 amide bonds. The Kier molecular flexibility index (Phi) is 3.69. The highest BCUT2D eigenvalue weighted by Gasteiger charge is 2.09. The first-order valence-corrected chi connectivity index (χ1v) is 4.88. The lowest BCUT2D eigenvalue weighted by Gasteiger charge is -2.12. The van der Waals surface area contributed by atoms with Crippen molar-refractivity contribution in [3.8, 4) is 5.75 Å². The maximum absolute atomic E-state index is 10.2. The van der Waals surface area contributed by atoms with E-state index in [1.54, 1.807) is 6.07 Å². The number of hydrogen-bond donors (Lipinski definition) is 1. The van der Waals surface area contributed by atoms with Crippen LogP contribution in [0.1, 0.15) is 36.8 Å². The van der Waals surface area contributed by atoms with Crippen molar-refractivity contribution >= 4 is 6.29 Å². The molecule has 1 atom stereocenters. The molecule has 0 bridgehead atoms. The van der Waals surface area contributed by atoms with Crippen molar-refractivity contribution < 1.29 is 9.90 Å². The lowest BCUT2D eigenvalue weighted by molar-refractivity contribution is -0.108. The quantitative estimate of drug-likeness (QED) is 0.745. The number of aromatic hydroxyl groups is 1. The van der Waals surface area contributed by atoms with Crippen LogP contribution < -0.4 is 0 Å². The molecule has 0 aliphatic rings. The Morgan fingerprint density at radius 3 is 2.79 bits per heavy atom. The number of carbonyl (C=O) groups excluding carboxylic acids is 1. The molecule has 0 radical (unpaired) electrons. The zero-order chi connectivity index (χ0) is 10.6. The highest BCUT2D eigenvalue weighted by atomic mass is 16.3. The molecule has 1 rings (SSSR count). The van der Waals surface area contributed by atoms with Crippen LogP contribution in [-0.4, -0.2) is 11.4 Å². The summed E-state index contributed by atoms with van der Waals surface area (Å²) in [5, 5.41) is 9.67. The van der Waals surface area contributed by atoms with Crippen LogP contribution in [0.4, 0.5) is 0 Å². The number of rotatable bonds is 4. The third-order valence-corrected chi connectivity index (χ3v) is 2.43. The van der Waals surface area contributed by atoms with Gasteiger partial charge in [0.25, 0.3) is 0 Å². The van der Waals surface area contributed by atoms with Gasteiger partial charge in [-0.1, -0.05) is 19.1 Å². The van der Waals surface area contributed by atoms with Gasteiger partial charge in [0, 0.05) is 6.42 Å². The summed E-state index contributed by atoms with van der Waals surface area (Å²) in [6.07, 6.45) is 2.26. The topological polar surface area (TPSA) is 37.3 Å². The molecule has 1 N–H and O–H groups in total. The highest BCUT2D eigenvalue weighted by Crippen LogP contribution is 2.29. The van der Waals surface area contributed by atoms with Crippen molar-refractivity contribution in [2.45, 2.75) is 32.6 Å². The van der Waals surface area contributed by atoms with Crippen LogP contribution in [0.2, 0.25) is 0 Å². The van der Waals surface area contributed by atoms with Crippen LogP contribution in [0.15, 0.2) is 18.2 Å². The fourth-order valence-corrected chi connectivity index (χ4v) is 1.54. The van der Waals surface area contributed by atoms with Crippen molar-refractivity contribution in [3.05, 3.63) is 29.3 Å². The summed E-state index contributed by atoms with van der Waals surface area (Å²) in [6.45, 7) is 3.97. The molecule has 2 nitrogen and oxygen atoms in total. The minimum absolute atomic E-state index is 0.237. The van der Waals surface area contributed by atoms with Crippen LogP contribution in [0.5, 0.6) is 5.75 Å². The number of carbonyl (C=O) groups is 1. The molecular weight excluding hydrogens is 176 g/mol. The summed E-state index contributed by atoms with van der Waals surface area (Å²) in [7, 11) is 0. The molecule has 1 aromatic rings. The molecule has 0 unspecified atom stereocenters. The van der Waals surface area contributed by atoms with Gasteiger partial charge in [-0.3, -0.25) is 0 Å². The molecule has 0 heterocycles. The molecule has 1 aromatic carbocycles. The third kappa shape index (κ3) is 2.59. The SMILES string of the molecule is Cc1ccc([C@H](C)CCC=O)c(O)c1. The van der Waals surface area contributed by atoms with Crippen molar-refractivity contribution in [1.29, 1.82) is 0 Å². The minimum Gasteiger partial charge on any atom is -0.508 e. The van der Waals surface area contributed by atoms with E-state index in [-0.39, 0.29) is 5.92 Å². The van der Waals surface area contributed by atoms with Gasteiger partial charge < -0.3 is 9.90 Å². The van der Waals surface area contributed by atoms with Gasteiger partial charge in [0.05, 0.1) is 0 Å². The molecule has 0 fully saturated rings. The second-order valence-electron chi connectivity index (χ2n) is 3.71. The Balaban J connectivity index is 2.78. The van der Waals surface area contributed by atoms with Gasteiger partial charge in [-0.2, -0.15) is 0 Å². The van der Waals surface area contributed by atoms with Crippen LogP contribution in [0.25, 0.3) is 0 Å². The van der Waals surface area contributed by atoms with Crippen LogP contribution >= 0.6 is 0 Å². The molecule has 14 heavy (non-hydrogen) atoms. The van der Waals surface area contributed by atoms with E-state index in [1.165, 1.54) is 0 Å². The highest BCUT2D eigenvalue weighted by molar-refractivity contribution is 5.49. The molecule has 0 aliphatic carbocycles. The number of hydrogen-bond acceptors (Lipinski definition) is 2. The summed E-state index contributed by atoms with van der Waals surface area (Å²) >= 11 is 0. The average Bonchev–Trinajstić information content (AvgIpc) is 2.14. The van der Waals surface area contributed by atoms with E-state index < -0.39 is 0 Å². The van der Waals surface area contributed by atoms with Crippen molar-refractivity contribution in [2.24, 2.45) is 0 Å². The van der Waals surface area contributed by atoms with E-state index in [9.17, 15) is 9.90 Å². The van der Waals surface area contributed by atoms with E-state index in [1.807, 2.05) is 26.0 Å². The second-order valence-corrected chi connectivity index (χ2v) is 3.71. The Morgan fingerprint density at radius 1 is 1.50 bits per heavy atom. The molecule has 0 saturated carbocycles. The second kappa shape index (κ2) is 4.80. The lowest BCUT2D eigenvalue weighted by Crippen LogP contribution is -1.95. The number of phenols is 1. The van der Waals surface area contributed by atoms with Crippen LogP contribution in [-0.2, 0) is 4.79 Å². The third-order valence-electron chi connectivity index (χ3n) is 2.43. The van der Waals surface area contributed by atoms with Crippen molar-refractivity contribution in [2.75, 3.05) is 0 Å². The van der Waals surface area contributed by atoms with Gasteiger partial charge in [0.2, 0.25) is 0 Å². The van der Waals surface area contributed by atoms with Crippen molar-refractivity contribution in [1.82, 2.24) is 0 Å².